The van der Waals surface area contributed by atoms with E-state index in [1.807, 2.05) is 11.9 Å². The number of carbonyl (C=O) groups is 2. The predicted octanol–water partition coefficient (Wildman–Crippen LogP) is -0.828. The second-order valence-electron chi connectivity index (χ2n) is 4.93. The van der Waals surface area contributed by atoms with Gasteiger partial charge in [0.25, 0.3) is 0 Å². The average molecular weight is 324 g/mol. The summed E-state index contributed by atoms with van der Waals surface area (Å²) in [7, 11) is 3.50. The van der Waals surface area contributed by atoms with Crippen LogP contribution < -0.4 is 0 Å². The van der Waals surface area contributed by atoms with Gasteiger partial charge in [0.1, 0.15) is 6.04 Å². The number of hydrogen-bond donors (Lipinski definition) is 4. The summed E-state index contributed by atoms with van der Waals surface area (Å²) in [5.41, 5.74) is 0. The molecule has 21 heavy (non-hydrogen) atoms. The van der Waals surface area contributed by atoms with Crippen LogP contribution in [-0.2, 0) is 13.8 Å². The first-order chi connectivity index (χ1) is 9.77. The Kier molecular flexibility index (Phi) is 10.4. The van der Waals surface area contributed by atoms with Crippen molar-refractivity contribution in [3.63, 3.8) is 0 Å². The normalized spacial score (nSPS) is 13.0. The highest BCUT2D eigenvalue weighted by atomic mass is 32.1. The van der Waals surface area contributed by atoms with E-state index < -0.39 is 24.3 Å². The van der Waals surface area contributed by atoms with Gasteiger partial charge in [-0.1, -0.05) is 0 Å². The van der Waals surface area contributed by atoms with Crippen molar-refractivity contribution in [2.75, 3.05) is 33.7 Å². The number of carboxylic acids is 1. The maximum absolute atomic E-state index is 11.5. The predicted molar refractivity (Wildman–Crippen MR) is 78.7 cm³/mol. The third kappa shape index (κ3) is 9.64. The van der Waals surface area contributed by atoms with Crippen molar-refractivity contribution in [1.29, 1.82) is 0 Å². The lowest BCUT2D eigenvalue weighted by Gasteiger charge is -2.26. The van der Waals surface area contributed by atoms with Crippen LogP contribution in [0, 0.1) is 0 Å². The number of aliphatic hydroxyl groups is 2. The Bertz CT molecular complexity index is 329. The Morgan fingerprint density at radius 3 is 2.29 bits per heavy atom. The zero-order valence-corrected chi connectivity index (χ0v) is 13.2. The fourth-order valence-corrected chi connectivity index (χ4v) is 1.91. The van der Waals surface area contributed by atoms with Crippen LogP contribution in [0.25, 0.3) is 0 Å². The van der Waals surface area contributed by atoms with Gasteiger partial charge in [-0.05, 0) is 33.5 Å². The molecule has 0 aliphatic carbocycles. The van der Waals surface area contributed by atoms with Gasteiger partial charge in [0, 0.05) is 26.0 Å². The lowest BCUT2D eigenvalue weighted by atomic mass is 10.2. The summed E-state index contributed by atoms with van der Waals surface area (Å²) in [5.74, 6) is -1.79. The van der Waals surface area contributed by atoms with E-state index in [4.69, 9.17) is 15.3 Å². The Balaban J connectivity index is 4.20. The summed E-state index contributed by atoms with van der Waals surface area (Å²) in [6, 6.07) is -0.882. The SMILES string of the molecule is CN(CCCC(O)O)CCN(C)C(CC(=O)O)C(=O)OS. The number of thiol groups is 1. The first kappa shape index (κ1) is 20.1. The van der Waals surface area contributed by atoms with Crippen LogP contribution in [0.2, 0.25) is 0 Å². The fraction of sp³-hybridized carbons (Fsp3) is 0.833. The van der Waals surface area contributed by atoms with Crippen LogP contribution in [0.3, 0.4) is 0 Å². The summed E-state index contributed by atoms with van der Waals surface area (Å²) in [6.07, 6.45) is -0.717. The van der Waals surface area contributed by atoms with Crippen LogP contribution in [0.4, 0.5) is 0 Å². The number of carbonyl (C=O) groups excluding carboxylic acids is 1. The van der Waals surface area contributed by atoms with Gasteiger partial charge in [0.15, 0.2) is 6.29 Å². The van der Waals surface area contributed by atoms with Crippen LogP contribution >= 0.6 is 12.9 Å². The smallest absolute Gasteiger partial charge is 0.335 e. The minimum absolute atomic E-state index is 0.299. The molecule has 0 aliphatic rings. The second kappa shape index (κ2) is 10.8. The molecular weight excluding hydrogens is 300 g/mol. The number of aliphatic carboxylic acids is 1. The van der Waals surface area contributed by atoms with Crippen molar-refractivity contribution >= 4 is 24.8 Å². The third-order valence-corrected chi connectivity index (χ3v) is 3.28. The van der Waals surface area contributed by atoms with E-state index in [9.17, 15) is 9.59 Å². The molecular formula is C12H24N2O6S. The van der Waals surface area contributed by atoms with Crippen LogP contribution in [-0.4, -0.2) is 83.1 Å². The van der Waals surface area contributed by atoms with Crippen molar-refractivity contribution in [2.45, 2.75) is 31.6 Å². The quantitative estimate of drug-likeness (QED) is 0.221. The van der Waals surface area contributed by atoms with Crippen molar-refractivity contribution in [1.82, 2.24) is 9.80 Å². The first-order valence-electron chi connectivity index (χ1n) is 6.59. The highest BCUT2D eigenvalue weighted by Crippen LogP contribution is 2.06. The van der Waals surface area contributed by atoms with E-state index in [1.165, 1.54) is 0 Å². The fourth-order valence-electron chi connectivity index (χ4n) is 1.79. The molecule has 1 unspecified atom stereocenters. The van der Waals surface area contributed by atoms with Crippen molar-refractivity contribution in [3.8, 4) is 0 Å². The molecule has 0 amide bonds. The molecule has 0 aromatic carbocycles. The Morgan fingerprint density at radius 2 is 1.81 bits per heavy atom. The van der Waals surface area contributed by atoms with Gasteiger partial charge in [0.2, 0.25) is 0 Å². The monoisotopic (exact) mass is 324 g/mol. The molecule has 0 aliphatic heterocycles. The van der Waals surface area contributed by atoms with Crippen LogP contribution in [0.1, 0.15) is 19.3 Å². The maximum atomic E-state index is 11.5. The standard InChI is InChI=1S/C12H24N2O6S/c1-13(5-3-4-10(15)16)6-7-14(2)9(8-11(17)18)12(19)20-21/h9-10,15-16,21H,3-8H2,1-2H3,(H,17,18). The minimum atomic E-state index is -1.30. The Morgan fingerprint density at radius 1 is 1.19 bits per heavy atom. The molecule has 0 saturated heterocycles. The number of aliphatic hydroxyl groups excluding tert-OH is 1. The molecule has 0 heterocycles. The number of carboxylic acid groups (broad SMARTS) is 1. The van der Waals surface area contributed by atoms with E-state index in [1.54, 1.807) is 11.9 Å². The Hall–Kier alpha value is -0.870. The van der Waals surface area contributed by atoms with Gasteiger partial charge in [-0.15, -0.1) is 0 Å². The molecule has 0 rings (SSSR count). The molecule has 1 atom stereocenters. The molecule has 0 saturated carbocycles. The molecule has 0 spiro atoms. The third-order valence-electron chi connectivity index (χ3n) is 3.10. The topological polar surface area (TPSA) is 111 Å². The van der Waals surface area contributed by atoms with Crippen molar-refractivity contribution in [3.05, 3.63) is 0 Å². The summed E-state index contributed by atoms with van der Waals surface area (Å²) < 4.78 is 4.31. The first-order valence-corrected chi connectivity index (χ1v) is 6.96. The molecule has 0 aromatic rings. The van der Waals surface area contributed by atoms with Gasteiger partial charge in [-0.25, -0.2) is 4.79 Å². The Labute approximate surface area is 129 Å². The molecule has 0 aromatic heterocycles. The summed E-state index contributed by atoms with van der Waals surface area (Å²) >= 11 is 3.42. The molecule has 124 valence electrons. The lowest BCUT2D eigenvalue weighted by Crippen LogP contribution is -2.43. The molecule has 0 fully saturated rings. The molecule has 9 heteroatoms. The van der Waals surface area contributed by atoms with Crippen molar-refractivity contribution < 1.29 is 29.1 Å². The molecule has 0 radical (unpaired) electrons. The number of hydrogen-bond acceptors (Lipinski definition) is 8. The average Bonchev–Trinajstić information content (AvgIpc) is 2.40. The van der Waals surface area contributed by atoms with Crippen LogP contribution in [0.5, 0.6) is 0 Å². The second-order valence-corrected chi connectivity index (χ2v) is 5.11. The highest BCUT2D eigenvalue weighted by molar-refractivity contribution is 7.75. The minimum Gasteiger partial charge on any atom is -0.481 e. The van der Waals surface area contributed by atoms with E-state index in [-0.39, 0.29) is 6.42 Å². The largest absolute Gasteiger partial charge is 0.481 e. The highest BCUT2D eigenvalue weighted by Gasteiger charge is 2.27. The number of nitrogens with zero attached hydrogens (tertiary/aromatic N) is 2. The molecule has 0 bridgehead atoms. The molecule has 3 N–H and O–H groups in total. The van der Waals surface area contributed by atoms with Gasteiger partial charge in [-0.2, -0.15) is 0 Å². The van der Waals surface area contributed by atoms with Gasteiger partial charge in [-0.3, -0.25) is 9.69 Å². The van der Waals surface area contributed by atoms with Gasteiger partial charge < -0.3 is 24.4 Å². The zero-order chi connectivity index (χ0) is 16.4. The van der Waals surface area contributed by atoms with E-state index >= 15 is 0 Å². The summed E-state index contributed by atoms with van der Waals surface area (Å²) in [6.45, 7) is 1.75. The summed E-state index contributed by atoms with van der Waals surface area (Å²) in [5, 5.41) is 26.3. The number of rotatable bonds is 11. The van der Waals surface area contributed by atoms with Gasteiger partial charge >= 0.3 is 11.9 Å². The number of likely N-dealkylation sites (N-methyl/N-ethyl adjacent to an activating group) is 2. The lowest BCUT2D eigenvalue weighted by molar-refractivity contribution is -0.146. The van der Waals surface area contributed by atoms with Crippen LogP contribution in [0.15, 0.2) is 0 Å². The molecule has 8 nitrogen and oxygen atoms in total. The summed E-state index contributed by atoms with van der Waals surface area (Å²) in [4.78, 5) is 25.8. The van der Waals surface area contributed by atoms with E-state index in [0.29, 0.717) is 32.5 Å². The van der Waals surface area contributed by atoms with Crippen molar-refractivity contribution in [2.24, 2.45) is 0 Å². The van der Waals surface area contributed by atoms with Gasteiger partial charge in [0.05, 0.1) is 6.42 Å². The van der Waals surface area contributed by atoms with E-state index in [2.05, 4.69) is 17.1 Å². The zero-order valence-electron chi connectivity index (χ0n) is 12.3. The van der Waals surface area contributed by atoms with E-state index in [0.717, 1.165) is 0 Å². The maximum Gasteiger partial charge on any atom is 0.335 e.